The number of aromatic nitrogens is 4. The van der Waals surface area contributed by atoms with E-state index in [0.29, 0.717) is 6.04 Å². The Labute approximate surface area is 168 Å². The third-order valence-electron chi connectivity index (χ3n) is 5.58. The van der Waals surface area contributed by atoms with Crippen LogP contribution in [0.25, 0.3) is 16.6 Å². The highest BCUT2D eigenvalue weighted by Crippen LogP contribution is 2.32. The molecule has 7 nitrogen and oxygen atoms in total. The van der Waals surface area contributed by atoms with E-state index in [9.17, 15) is 8.42 Å². The SMILES string of the molecule is C[C@@H]1CCCCN1c1nc2c(S(=O)(=O)c3ccccc3)nnn2c2ccccc12. The molecule has 8 heteroatoms. The number of hydrogen-bond donors (Lipinski definition) is 0. The van der Waals surface area contributed by atoms with Gasteiger partial charge < -0.3 is 4.90 Å². The molecular formula is C21H21N5O2S. The van der Waals surface area contributed by atoms with E-state index in [1.807, 2.05) is 24.3 Å². The predicted molar refractivity (Wildman–Crippen MR) is 111 cm³/mol. The Morgan fingerprint density at radius 3 is 2.55 bits per heavy atom. The number of hydrogen-bond acceptors (Lipinski definition) is 6. The predicted octanol–water partition coefficient (Wildman–Crippen LogP) is 3.49. The lowest BCUT2D eigenvalue weighted by molar-refractivity contribution is 0.482. The fourth-order valence-corrected chi connectivity index (χ4v) is 5.30. The highest BCUT2D eigenvalue weighted by atomic mass is 32.2. The lowest BCUT2D eigenvalue weighted by atomic mass is 10.0. The number of piperidine rings is 1. The number of para-hydroxylation sites is 1. The number of sulfone groups is 1. The maximum Gasteiger partial charge on any atom is 0.229 e. The molecule has 0 bridgehead atoms. The summed E-state index contributed by atoms with van der Waals surface area (Å²) in [5, 5.41) is 9.03. The Hall–Kier alpha value is -3.00. The van der Waals surface area contributed by atoms with Crippen molar-refractivity contribution in [3.8, 4) is 0 Å². The zero-order valence-electron chi connectivity index (χ0n) is 16.1. The maximum absolute atomic E-state index is 13.2. The molecule has 4 aromatic rings. The van der Waals surface area contributed by atoms with Crippen molar-refractivity contribution in [3.63, 3.8) is 0 Å². The average Bonchev–Trinajstić information content (AvgIpc) is 3.19. The lowest BCUT2D eigenvalue weighted by Gasteiger charge is -2.35. The first-order valence-electron chi connectivity index (χ1n) is 9.78. The van der Waals surface area contributed by atoms with Gasteiger partial charge in [-0.1, -0.05) is 35.5 Å². The summed E-state index contributed by atoms with van der Waals surface area (Å²) in [5.41, 5.74) is 1.06. The van der Waals surface area contributed by atoms with Gasteiger partial charge in [0.2, 0.25) is 14.9 Å². The van der Waals surface area contributed by atoms with Crippen LogP contribution in [0.15, 0.2) is 64.5 Å². The highest BCUT2D eigenvalue weighted by molar-refractivity contribution is 7.91. The van der Waals surface area contributed by atoms with E-state index in [4.69, 9.17) is 4.98 Å². The topological polar surface area (TPSA) is 80.5 Å². The molecule has 3 heterocycles. The molecule has 1 fully saturated rings. The van der Waals surface area contributed by atoms with Gasteiger partial charge in [0, 0.05) is 18.0 Å². The van der Waals surface area contributed by atoms with E-state index >= 15 is 0 Å². The second kappa shape index (κ2) is 6.81. The van der Waals surface area contributed by atoms with Gasteiger partial charge in [0.1, 0.15) is 5.82 Å². The molecule has 0 radical (unpaired) electrons. The molecule has 0 unspecified atom stereocenters. The highest BCUT2D eigenvalue weighted by Gasteiger charge is 2.29. The molecule has 1 aliphatic heterocycles. The second-order valence-corrected chi connectivity index (χ2v) is 9.30. The van der Waals surface area contributed by atoms with E-state index in [1.54, 1.807) is 30.3 Å². The molecule has 5 rings (SSSR count). The zero-order chi connectivity index (χ0) is 20.0. The Bertz CT molecular complexity index is 1300. The van der Waals surface area contributed by atoms with Crippen LogP contribution in [0.1, 0.15) is 26.2 Å². The van der Waals surface area contributed by atoms with E-state index in [1.165, 1.54) is 10.9 Å². The van der Waals surface area contributed by atoms with Crippen LogP contribution in [0.2, 0.25) is 0 Å². The molecule has 148 valence electrons. The minimum Gasteiger partial charge on any atom is -0.353 e. The molecule has 0 amide bonds. The van der Waals surface area contributed by atoms with Crippen molar-refractivity contribution in [2.24, 2.45) is 0 Å². The number of nitrogens with zero attached hydrogens (tertiary/aromatic N) is 5. The smallest absolute Gasteiger partial charge is 0.229 e. The van der Waals surface area contributed by atoms with Crippen molar-refractivity contribution in [2.45, 2.75) is 42.1 Å². The van der Waals surface area contributed by atoms with Gasteiger partial charge in [-0.2, -0.15) is 4.52 Å². The van der Waals surface area contributed by atoms with Crippen molar-refractivity contribution >= 4 is 32.2 Å². The summed E-state index contributed by atoms with van der Waals surface area (Å²) >= 11 is 0. The van der Waals surface area contributed by atoms with E-state index in [2.05, 4.69) is 22.1 Å². The van der Waals surface area contributed by atoms with Gasteiger partial charge in [0.15, 0.2) is 5.65 Å². The fourth-order valence-electron chi connectivity index (χ4n) is 4.05. The van der Waals surface area contributed by atoms with Crippen LogP contribution < -0.4 is 4.90 Å². The summed E-state index contributed by atoms with van der Waals surface area (Å²) in [6.07, 6.45) is 3.38. The fraction of sp³-hybridized carbons (Fsp3) is 0.286. The molecule has 0 aliphatic carbocycles. The molecule has 1 atom stereocenters. The van der Waals surface area contributed by atoms with Crippen molar-refractivity contribution in [1.82, 2.24) is 19.8 Å². The van der Waals surface area contributed by atoms with Gasteiger partial charge in [-0.05, 0) is 50.5 Å². The van der Waals surface area contributed by atoms with E-state index in [0.717, 1.165) is 36.1 Å². The van der Waals surface area contributed by atoms with Crippen molar-refractivity contribution in [1.29, 1.82) is 0 Å². The largest absolute Gasteiger partial charge is 0.353 e. The molecule has 1 saturated heterocycles. The number of benzene rings is 2. The number of anilines is 1. The Morgan fingerprint density at radius 2 is 1.76 bits per heavy atom. The minimum absolute atomic E-state index is 0.111. The summed E-state index contributed by atoms with van der Waals surface area (Å²) in [7, 11) is -3.83. The third kappa shape index (κ3) is 2.86. The van der Waals surface area contributed by atoms with Crippen molar-refractivity contribution < 1.29 is 8.42 Å². The van der Waals surface area contributed by atoms with Gasteiger partial charge in [0.05, 0.1) is 10.4 Å². The van der Waals surface area contributed by atoms with Crippen LogP contribution in [-0.4, -0.2) is 40.8 Å². The Kier molecular flexibility index (Phi) is 4.24. The van der Waals surface area contributed by atoms with Gasteiger partial charge in [-0.3, -0.25) is 0 Å². The van der Waals surface area contributed by atoms with Crippen LogP contribution in [0.3, 0.4) is 0 Å². The zero-order valence-corrected chi connectivity index (χ0v) is 16.9. The van der Waals surface area contributed by atoms with Crippen molar-refractivity contribution in [3.05, 3.63) is 54.6 Å². The van der Waals surface area contributed by atoms with Crippen LogP contribution >= 0.6 is 0 Å². The first-order chi connectivity index (χ1) is 14.1. The second-order valence-electron chi connectivity index (χ2n) is 7.44. The molecule has 29 heavy (non-hydrogen) atoms. The van der Waals surface area contributed by atoms with E-state index < -0.39 is 9.84 Å². The van der Waals surface area contributed by atoms with Gasteiger partial charge in [-0.25, -0.2) is 13.4 Å². The first-order valence-corrected chi connectivity index (χ1v) is 11.3. The Morgan fingerprint density at radius 1 is 1.00 bits per heavy atom. The minimum atomic E-state index is -3.83. The Balaban J connectivity index is 1.79. The van der Waals surface area contributed by atoms with Gasteiger partial charge in [0.25, 0.3) is 0 Å². The average molecular weight is 407 g/mol. The number of rotatable bonds is 3. The summed E-state index contributed by atoms with van der Waals surface area (Å²) < 4.78 is 28.0. The van der Waals surface area contributed by atoms with Crippen molar-refractivity contribution in [2.75, 3.05) is 11.4 Å². The quantitative estimate of drug-likeness (QED) is 0.517. The molecular weight excluding hydrogens is 386 g/mol. The molecule has 2 aromatic heterocycles. The summed E-state index contributed by atoms with van der Waals surface area (Å²) in [4.78, 5) is 7.27. The van der Waals surface area contributed by atoms with E-state index in [-0.39, 0.29) is 15.6 Å². The molecule has 0 N–H and O–H groups in total. The lowest BCUT2D eigenvalue weighted by Crippen LogP contribution is -2.38. The van der Waals surface area contributed by atoms with Crippen LogP contribution in [-0.2, 0) is 9.84 Å². The van der Waals surface area contributed by atoms with Gasteiger partial charge >= 0.3 is 0 Å². The molecule has 0 spiro atoms. The standard InChI is InChI=1S/C21H21N5O2S/c1-15-9-7-8-14-25(15)19-17-12-5-6-13-18(17)26-20(22-19)21(23-24-26)29(27,28)16-10-3-2-4-11-16/h2-6,10-13,15H,7-9,14H2,1H3/t15-/m1/s1. The maximum atomic E-state index is 13.2. The van der Waals surface area contributed by atoms with Gasteiger partial charge in [-0.15, -0.1) is 5.10 Å². The molecule has 2 aromatic carbocycles. The summed E-state index contributed by atoms with van der Waals surface area (Å²) in [6.45, 7) is 3.09. The summed E-state index contributed by atoms with van der Waals surface area (Å²) in [6, 6.07) is 16.5. The number of fused-ring (bicyclic) bond motifs is 3. The first kappa shape index (κ1) is 18.1. The molecule has 0 saturated carbocycles. The normalized spacial score (nSPS) is 17.8. The summed E-state index contributed by atoms with van der Waals surface area (Å²) in [5.74, 6) is 0.798. The van der Waals surface area contributed by atoms with Crippen LogP contribution in [0.4, 0.5) is 5.82 Å². The van der Waals surface area contributed by atoms with Crippen LogP contribution in [0.5, 0.6) is 0 Å². The third-order valence-corrected chi connectivity index (χ3v) is 7.25. The molecule has 1 aliphatic rings. The van der Waals surface area contributed by atoms with Crippen LogP contribution in [0, 0.1) is 0 Å². The monoisotopic (exact) mass is 407 g/mol.